The maximum absolute atomic E-state index is 13.0. The number of nitrogens with one attached hydrogen (secondary N) is 1. The van der Waals surface area contributed by atoms with Crippen molar-refractivity contribution in [1.82, 2.24) is 9.47 Å². The SMILES string of the molecule is CCN(CC(=O)Nc1c(Cl)cccc1Cl)C(=O)c1sccc1-n1cccc1. The molecule has 0 aliphatic rings. The Morgan fingerprint density at radius 3 is 2.41 bits per heavy atom. The number of likely N-dealkylation sites (N-methyl/N-ethyl adjacent to an activating group) is 1. The number of carbonyl (C=O) groups is 2. The number of aromatic nitrogens is 1. The molecule has 3 rings (SSSR count). The van der Waals surface area contributed by atoms with Gasteiger partial charge in [-0.3, -0.25) is 9.59 Å². The van der Waals surface area contributed by atoms with Gasteiger partial charge in [-0.2, -0.15) is 0 Å². The summed E-state index contributed by atoms with van der Waals surface area (Å²) in [6.07, 6.45) is 3.75. The first-order valence-corrected chi connectivity index (χ1v) is 9.88. The van der Waals surface area contributed by atoms with E-state index in [1.807, 2.05) is 47.5 Å². The number of nitrogens with zero attached hydrogens (tertiary/aromatic N) is 2. The van der Waals surface area contributed by atoms with Crippen LogP contribution >= 0.6 is 34.5 Å². The molecule has 0 aliphatic carbocycles. The van der Waals surface area contributed by atoms with Crippen LogP contribution < -0.4 is 5.32 Å². The number of amides is 2. The molecule has 0 saturated heterocycles. The van der Waals surface area contributed by atoms with E-state index in [2.05, 4.69) is 5.32 Å². The molecule has 0 aliphatic heterocycles. The van der Waals surface area contributed by atoms with Crippen LogP contribution in [0.15, 0.2) is 54.2 Å². The number of para-hydroxylation sites is 1. The summed E-state index contributed by atoms with van der Waals surface area (Å²) in [6, 6.07) is 10.6. The second-order valence-corrected chi connectivity index (χ2v) is 7.42. The lowest BCUT2D eigenvalue weighted by molar-refractivity contribution is -0.116. The van der Waals surface area contributed by atoms with E-state index in [4.69, 9.17) is 23.2 Å². The Hall–Kier alpha value is -2.28. The summed E-state index contributed by atoms with van der Waals surface area (Å²) in [5.74, 6) is -0.559. The normalized spacial score (nSPS) is 10.6. The molecule has 0 bridgehead atoms. The second-order valence-electron chi connectivity index (χ2n) is 5.69. The molecule has 1 N–H and O–H groups in total. The van der Waals surface area contributed by atoms with Crippen LogP contribution in [0.1, 0.15) is 16.6 Å². The van der Waals surface area contributed by atoms with Crippen LogP contribution in [0.4, 0.5) is 5.69 Å². The van der Waals surface area contributed by atoms with Gasteiger partial charge >= 0.3 is 0 Å². The van der Waals surface area contributed by atoms with E-state index < -0.39 is 0 Å². The Morgan fingerprint density at radius 2 is 1.78 bits per heavy atom. The number of hydrogen-bond donors (Lipinski definition) is 1. The van der Waals surface area contributed by atoms with Gasteiger partial charge in [-0.1, -0.05) is 29.3 Å². The molecule has 2 aromatic heterocycles. The molecule has 27 heavy (non-hydrogen) atoms. The Kier molecular flexibility index (Phi) is 6.21. The van der Waals surface area contributed by atoms with E-state index >= 15 is 0 Å². The topological polar surface area (TPSA) is 54.3 Å². The third-order valence-electron chi connectivity index (χ3n) is 3.95. The number of thiophene rings is 1. The summed E-state index contributed by atoms with van der Waals surface area (Å²) < 4.78 is 1.88. The minimum Gasteiger partial charge on any atom is -0.329 e. The highest BCUT2D eigenvalue weighted by Gasteiger charge is 2.22. The molecule has 0 radical (unpaired) electrons. The van der Waals surface area contributed by atoms with Crippen LogP contribution in [0.2, 0.25) is 10.0 Å². The molecule has 2 amide bonds. The monoisotopic (exact) mass is 421 g/mol. The largest absolute Gasteiger partial charge is 0.329 e. The van der Waals surface area contributed by atoms with E-state index in [0.29, 0.717) is 27.2 Å². The van der Waals surface area contributed by atoms with Gasteiger partial charge in [0, 0.05) is 18.9 Å². The van der Waals surface area contributed by atoms with Crippen molar-refractivity contribution in [3.63, 3.8) is 0 Å². The van der Waals surface area contributed by atoms with Gasteiger partial charge in [-0.25, -0.2) is 0 Å². The Balaban J connectivity index is 1.75. The van der Waals surface area contributed by atoms with Crippen LogP contribution in [0.3, 0.4) is 0 Å². The van der Waals surface area contributed by atoms with Crippen molar-refractivity contribution in [3.8, 4) is 5.69 Å². The first-order valence-electron chi connectivity index (χ1n) is 8.25. The fourth-order valence-corrected chi connectivity index (χ4v) is 3.95. The van der Waals surface area contributed by atoms with E-state index in [1.54, 1.807) is 18.2 Å². The van der Waals surface area contributed by atoms with Gasteiger partial charge in [0.15, 0.2) is 0 Å². The van der Waals surface area contributed by atoms with Crippen LogP contribution in [-0.4, -0.2) is 34.4 Å². The van der Waals surface area contributed by atoms with Gasteiger partial charge < -0.3 is 14.8 Å². The molecule has 0 fully saturated rings. The fourth-order valence-electron chi connectivity index (χ4n) is 2.60. The zero-order valence-corrected chi connectivity index (χ0v) is 16.8. The lowest BCUT2D eigenvalue weighted by atomic mass is 10.3. The smallest absolute Gasteiger partial charge is 0.266 e. The molecule has 2 heterocycles. The number of halogens is 2. The predicted molar refractivity (Wildman–Crippen MR) is 110 cm³/mol. The van der Waals surface area contributed by atoms with E-state index in [1.165, 1.54) is 16.2 Å². The van der Waals surface area contributed by atoms with Crippen molar-refractivity contribution in [2.75, 3.05) is 18.4 Å². The standard InChI is InChI=1S/C19H17Cl2N3O2S/c1-2-23(12-16(25)22-17-13(20)6-5-7-14(17)21)19(26)18-15(8-11-27-18)24-9-3-4-10-24/h3-11H,2,12H2,1H3,(H,22,25). The molecular formula is C19H17Cl2N3O2S. The number of rotatable bonds is 6. The fraction of sp³-hybridized carbons (Fsp3) is 0.158. The molecule has 0 atom stereocenters. The van der Waals surface area contributed by atoms with Crippen molar-refractivity contribution < 1.29 is 9.59 Å². The van der Waals surface area contributed by atoms with Crippen molar-refractivity contribution in [2.45, 2.75) is 6.92 Å². The zero-order chi connectivity index (χ0) is 19.4. The minimum absolute atomic E-state index is 0.0973. The highest BCUT2D eigenvalue weighted by molar-refractivity contribution is 7.12. The Labute approximate surface area is 171 Å². The van der Waals surface area contributed by atoms with Gasteiger partial charge in [0.05, 0.1) is 21.4 Å². The maximum atomic E-state index is 13.0. The van der Waals surface area contributed by atoms with Gasteiger partial charge in [-0.15, -0.1) is 11.3 Å². The number of hydrogen-bond acceptors (Lipinski definition) is 3. The average Bonchev–Trinajstić information content (AvgIpc) is 3.33. The molecule has 0 saturated carbocycles. The average molecular weight is 422 g/mol. The number of carbonyl (C=O) groups excluding carboxylic acids is 2. The van der Waals surface area contributed by atoms with Crippen molar-refractivity contribution in [1.29, 1.82) is 0 Å². The molecular weight excluding hydrogens is 405 g/mol. The van der Waals surface area contributed by atoms with Crippen LogP contribution in [0, 0.1) is 0 Å². The lowest BCUT2D eigenvalue weighted by Crippen LogP contribution is -2.38. The van der Waals surface area contributed by atoms with E-state index in [-0.39, 0.29) is 18.4 Å². The molecule has 0 unspecified atom stereocenters. The van der Waals surface area contributed by atoms with Crippen molar-refractivity contribution in [3.05, 3.63) is 69.1 Å². The highest BCUT2D eigenvalue weighted by Crippen LogP contribution is 2.30. The van der Waals surface area contributed by atoms with Gasteiger partial charge in [0.2, 0.25) is 5.91 Å². The zero-order valence-electron chi connectivity index (χ0n) is 14.5. The maximum Gasteiger partial charge on any atom is 0.266 e. The van der Waals surface area contributed by atoms with E-state index in [9.17, 15) is 9.59 Å². The third kappa shape index (κ3) is 4.35. The Morgan fingerprint density at radius 1 is 1.11 bits per heavy atom. The van der Waals surface area contributed by atoms with Crippen LogP contribution in [0.25, 0.3) is 5.69 Å². The molecule has 5 nitrogen and oxygen atoms in total. The van der Waals surface area contributed by atoms with Gasteiger partial charge in [0.1, 0.15) is 11.4 Å². The summed E-state index contributed by atoms with van der Waals surface area (Å²) in [4.78, 5) is 27.5. The van der Waals surface area contributed by atoms with E-state index in [0.717, 1.165) is 5.69 Å². The summed E-state index contributed by atoms with van der Waals surface area (Å²) in [5.41, 5.74) is 1.14. The quantitative estimate of drug-likeness (QED) is 0.612. The van der Waals surface area contributed by atoms with Gasteiger partial charge in [-0.05, 0) is 42.6 Å². The highest BCUT2D eigenvalue weighted by atomic mass is 35.5. The lowest BCUT2D eigenvalue weighted by Gasteiger charge is -2.21. The molecule has 8 heteroatoms. The van der Waals surface area contributed by atoms with Crippen molar-refractivity contribution >= 4 is 52.0 Å². The number of benzene rings is 1. The summed E-state index contributed by atoms with van der Waals surface area (Å²) in [7, 11) is 0. The minimum atomic E-state index is -0.362. The predicted octanol–water partition coefficient (Wildman–Crippen LogP) is 4.95. The van der Waals surface area contributed by atoms with Crippen LogP contribution in [0.5, 0.6) is 0 Å². The first kappa shape index (κ1) is 19.5. The molecule has 140 valence electrons. The Bertz CT molecular complexity index is 934. The summed E-state index contributed by atoms with van der Waals surface area (Å²) in [5, 5.41) is 5.24. The second kappa shape index (κ2) is 8.61. The molecule has 0 spiro atoms. The summed E-state index contributed by atoms with van der Waals surface area (Å²) in [6.45, 7) is 2.13. The molecule has 1 aromatic carbocycles. The first-order chi connectivity index (χ1) is 13.0. The summed E-state index contributed by atoms with van der Waals surface area (Å²) >= 11 is 13.5. The van der Waals surface area contributed by atoms with Crippen molar-refractivity contribution in [2.24, 2.45) is 0 Å². The number of anilines is 1. The van der Waals surface area contributed by atoms with Crippen LogP contribution in [-0.2, 0) is 4.79 Å². The van der Waals surface area contributed by atoms with Gasteiger partial charge in [0.25, 0.3) is 5.91 Å². The molecule has 3 aromatic rings. The third-order valence-corrected chi connectivity index (χ3v) is 5.47.